The van der Waals surface area contributed by atoms with Crippen molar-refractivity contribution in [2.45, 2.75) is 19.4 Å². The summed E-state index contributed by atoms with van der Waals surface area (Å²) < 4.78 is 0. The maximum Gasteiger partial charge on any atom is 0.320 e. The van der Waals surface area contributed by atoms with Gasteiger partial charge < -0.3 is 14.9 Å². The molecule has 104 valence electrons. The maximum atomic E-state index is 11.5. The molecule has 0 aromatic heterocycles. The Kier molecular flexibility index (Phi) is 5.55. The van der Waals surface area contributed by atoms with Crippen LogP contribution in [0, 0.1) is 0 Å². The SMILES string of the molecule is CC(C(=O)O)N1CCN(CCC(=O)N(C)C)CC1. The molecule has 0 aliphatic carbocycles. The van der Waals surface area contributed by atoms with Crippen LogP contribution in [0.2, 0.25) is 0 Å². The predicted octanol–water partition coefficient (Wildman–Crippen LogP) is -0.445. The number of carboxylic acids is 1. The van der Waals surface area contributed by atoms with Gasteiger partial charge in [-0.15, -0.1) is 0 Å². The fourth-order valence-corrected chi connectivity index (χ4v) is 2.01. The molecule has 1 aliphatic heterocycles. The lowest BCUT2D eigenvalue weighted by Gasteiger charge is -2.36. The van der Waals surface area contributed by atoms with Crippen molar-refractivity contribution in [2.75, 3.05) is 46.8 Å². The van der Waals surface area contributed by atoms with E-state index in [-0.39, 0.29) is 5.91 Å². The molecule has 1 unspecified atom stereocenters. The molecule has 0 spiro atoms. The number of rotatable bonds is 5. The van der Waals surface area contributed by atoms with Crippen LogP contribution in [0.1, 0.15) is 13.3 Å². The fourth-order valence-electron chi connectivity index (χ4n) is 2.01. The van der Waals surface area contributed by atoms with E-state index in [0.29, 0.717) is 6.42 Å². The molecular formula is C12H23N3O3. The summed E-state index contributed by atoms with van der Waals surface area (Å²) in [6.07, 6.45) is 0.529. The monoisotopic (exact) mass is 257 g/mol. The molecule has 0 saturated carbocycles. The Morgan fingerprint density at radius 1 is 1.22 bits per heavy atom. The van der Waals surface area contributed by atoms with Crippen molar-refractivity contribution in [1.82, 2.24) is 14.7 Å². The average Bonchev–Trinajstić information content (AvgIpc) is 2.35. The minimum absolute atomic E-state index is 0.135. The summed E-state index contributed by atoms with van der Waals surface area (Å²) in [4.78, 5) is 28.1. The summed E-state index contributed by atoms with van der Waals surface area (Å²) in [5.41, 5.74) is 0. The van der Waals surface area contributed by atoms with Crippen molar-refractivity contribution in [3.63, 3.8) is 0 Å². The molecule has 0 aromatic rings. The van der Waals surface area contributed by atoms with E-state index < -0.39 is 12.0 Å². The first-order valence-corrected chi connectivity index (χ1v) is 6.31. The molecule has 0 radical (unpaired) electrons. The molecule has 1 heterocycles. The number of carbonyl (C=O) groups is 2. The minimum Gasteiger partial charge on any atom is -0.480 e. The van der Waals surface area contributed by atoms with E-state index in [2.05, 4.69) is 4.90 Å². The van der Waals surface area contributed by atoms with Crippen molar-refractivity contribution in [3.8, 4) is 0 Å². The third kappa shape index (κ3) is 4.27. The molecule has 1 rings (SSSR count). The number of carbonyl (C=O) groups excluding carboxylic acids is 1. The first kappa shape index (κ1) is 14.9. The van der Waals surface area contributed by atoms with Gasteiger partial charge in [0.15, 0.2) is 0 Å². The van der Waals surface area contributed by atoms with E-state index in [1.165, 1.54) is 0 Å². The van der Waals surface area contributed by atoms with Crippen LogP contribution in [-0.2, 0) is 9.59 Å². The lowest BCUT2D eigenvalue weighted by Crippen LogP contribution is -2.52. The van der Waals surface area contributed by atoms with Crippen molar-refractivity contribution < 1.29 is 14.7 Å². The van der Waals surface area contributed by atoms with Gasteiger partial charge in [0.05, 0.1) is 0 Å². The molecule has 1 saturated heterocycles. The maximum absolute atomic E-state index is 11.5. The number of nitrogens with zero attached hydrogens (tertiary/aromatic N) is 3. The highest BCUT2D eigenvalue weighted by Gasteiger charge is 2.25. The molecule has 1 amide bonds. The number of aliphatic carboxylic acids is 1. The van der Waals surface area contributed by atoms with Crippen LogP contribution in [0.15, 0.2) is 0 Å². The smallest absolute Gasteiger partial charge is 0.320 e. The molecule has 0 bridgehead atoms. The lowest BCUT2D eigenvalue weighted by molar-refractivity contribution is -0.143. The van der Waals surface area contributed by atoms with E-state index in [1.807, 2.05) is 4.90 Å². The summed E-state index contributed by atoms with van der Waals surface area (Å²) in [7, 11) is 3.52. The molecule has 1 aliphatic rings. The quantitative estimate of drug-likeness (QED) is 0.723. The van der Waals surface area contributed by atoms with Crippen LogP contribution in [-0.4, -0.2) is 84.5 Å². The topological polar surface area (TPSA) is 64.1 Å². The molecule has 1 N–H and O–H groups in total. The second-order valence-electron chi connectivity index (χ2n) is 4.93. The standard InChI is InChI=1S/C12H23N3O3/c1-10(12(17)18)15-8-6-14(7-9-15)5-4-11(16)13(2)3/h10H,4-9H2,1-3H3,(H,17,18). The second kappa shape index (κ2) is 6.70. The zero-order valence-electron chi connectivity index (χ0n) is 11.4. The molecule has 1 fully saturated rings. The first-order valence-electron chi connectivity index (χ1n) is 6.31. The normalized spacial score (nSPS) is 19.5. The Morgan fingerprint density at radius 3 is 2.22 bits per heavy atom. The summed E-state index contributed by atoms with van der Waals surface area (Å²) in [5.74, 6) is -0.637. The zero-order chi connectivity index (χ0) is 13.7. The molecule has 6 heteroatoms. The van der Waals surface area contributed by atoms with Crippen LogP contribution in [0.5, 0.6) is 0 Å². The van der Waals surface area contributed by atoms with Crippen LogP contribution in [0.4, 0.5) is 0 Å². The van der Waals surface area contributed by atoms with Gasteiger partial charge in [-0.1, -0.05) is 0 Å². The first-order chi connectivity index (χ1) is 8.41. The highest BCUT2D eigenvalue weighted by molar-refractivity contribution is 5.75. The number of hydrogen-bond acceptors (Lipinski definition) is 4. The predicted molar refractivity (Wildman–Crippen MR) is 68.4 cm³/mol. The summed E-state index contributed by atoms with van der Waals surface area (Å²) in [6.45, 7) is 5.64. The number of hydrogen-bond donors (Lipinski definition) is 1. The van der Waals surface area contributed by atoms with E-state index in [4.69, 9.17) is 5.11 Å². The number of carboxylic acid groups (broad SMARTS) is 1. The Bertz CT molecular complexity index is 299. The largest absolute Gasteiger partial charge is 0.480 e. The van der Waals surface area contributed by atoms with Crippen molar-refractivity contribution in [1.29, 1.82) is 0 Å². The molecular weight excluding hydrogens is 234 g/mol. The van der Waals surface area contributed by atoms with Crippen LogP contribution in [0.25, 0.3) is 0 Å². The van der Waals surface area contributed by atoms with Crippen LogP contribution >= 0.6 is 0 Å². The van der Waals surface area contributed by atoms with Crippen LogP contribution in [0.3, 0.4) is 0 Å². The van der Waals surface area contributed by atoms with Crippen LogP contribution < -0.4 is 0 Å². The van der Waals surface area contributed by atoms with Gasteiger partial charge in [0.2, 0.25) is 5.91 Å². The summed E-state index contributed by atoms with van der Waals surface area (Å²) in [6, 6.07) is -0.421. The highest BCUT2D eigenvalue weighted by Crippen LogP contribution is 2.07. The molecule has 18 heavy (non-hydrogen) atoms. The second-order valence-corrected chi connectivity index (χ2v) is 4.93. The van der Waals surface area contributed by atoms with Gasteiger partial charge in [0.25, 0.3) is 0 Å². The molecule has 1 atom stereocenters. The third-order valence-corrected chi connectivity index (χ3v) is 3.45. The van der Waals surface area contributed by atoms with Gasteiger partial charge in [-0.2, -0.15) is 0 Å². The van der Waals surface area contributed by atoms with E-state index in [1.54, 1.807) is 25.9 Å². The Hall–Kier alpha value is -1.14. The molecule has 6 nitrogen and oxygen atoms in total. The minimum atomic E-state index is -0.772. The third-order valence-electron chi connectivity index (χ3n) is 3.45. The van der Waals surface area contributed by atoms with Gasteiger partial charge in [0, 0.05) is 53.2 Å². The van der Waals surface area contributed by atoms with E-state index in [0.717, 1.165) is 32.7 Å². The Balaban J connectivity index is 2.27. The number of amides is 1. The summed E-state index contributed by atoms with van der Waals surface area (Å²) in [5, 5.41) is 8.93. The van der Waals surface area contributed by atoms with E-state index >= 15 is 0 Å². The van der Waals surface area contributed by atoms with E-state index in [9.17, 15) is 9.59 Å². The zero-order valence-corrected chi connectivity index (χ0v) is 11.4. The van der Waals surface area contributed by atoms with Gasteiger partial charge in [0.1, 0.15) is 6.04 Å². The number of piperazine rings is 1. The average molecular weight is 257 g/mol. The van der Waals surface area contributed by atoms with Gasteiger partial charge in [-0.25, -0.2) is 0 Å². The van der Waals surface area contributed by atoms with Crippen molar-refractivity contribution in [3.05, 3.63) is 0 Å². The lowest BCUT2D eigenvalue weighted by atomic mass is 10.2. The summed E-state index contributed by atoms with van der Waals surface area (Å²) >= 11 is 0. The van der Waals surface area contributed by atoms with Gasteiger partial charge in [-0.3, -0.25) is 14.5 Å². The molecule has 0 aromatic carbocycles. The van der Waals surface area contributed by atoms with Crippen molar-refractivity contribution >= 4 is 11.9 Å². The highest BCUT2D eigenvalue weighted by atomic mass is 16.4. The fraction of sp³-hybridized carbons (Fsp3) is 0.833. The Labute approximate surface area is 108 Å². The van der Waals surface area contributed by atoms with Crippen molar-refractivity contribution in [2.24, 2.45) is 0 Å². The Morgan fingerprint density at radius 2 is 1.78 bits per heavy atom. The van der Waals surface area contributed by atoms with Gasteiger partial charge in [-0.05, 0) is 6.92 Å². The van der Waals surface area contributed by atoms with Gasteiger partial charge >= 0.3 is 5.97 Å².